The molecule has 0 saturated carbocycles. The molecule has 1 aromatic carbocycles. The average molecular weight is 454 g/mol. The van der Waals surface area contributed by atoms with Gasteiger partial charge in [0.2, 0.25) is 11.8 Å². The molecule has 0 radical (unpaired) electrons. The molecule has 0 spiro atoms. The van der Waals surface area contributed by atoms with Gasteiger partial charge < -0.3 is 15.2 Å². The van der Waals surface area contributed by atoms with Crippen LogP contribution in [0.4, 0.5) is 5.69 Å². The molecule has 3 heterocycles. The van der Waals surface area contributed by atoms with E-state index >= 15 is 0 Å². The van der Waals surface area contributed by atoms with Crippen LogP contribution in [-0.2, 0) is 19.1 Å². The molecular weight excluding hydrogens is 426 g/mol. The number of hydrogen-bond acceptors (Lipinski definition) is 8. The van der Waals surface area contributed by atoms with E-state index in [1.54, 1.807) is 0 Å². The third-order valence-electron chi connectivity index (χ3n) is 5.17. The number of hydrogen-bond donors (Lipinski definition) is 2. The van der Waals surface area contributed by atoms with Gasteiger partial charge in [-0.15, -0.1) is 0 Å². The van der Waals surface area contributed by atoms with E-state index in [-0.39, 0.29) is 18.7 Å². The highest BCUT2D eigenvalue weighted by molar-refractivity contribution is 8.55. The summed E-state index contributed by atoms with van der Waals surface area (Å²) < 4.78 is 20.0. The minimum atomic E-state index is -1.78. The maximum Gasteiger partial charge on any atom is 0.230 e. The molecule has 164 valence electrons. The molecule has 11 heteroatoms. The van der Waals surface area contributed by atoms with Crippen LogP contribution < -0.4 is 10.5 Å². The van der Waals surface area contributed by atoms with E-state index in [0.717, 1.165) is 36.2 Å². The Morgan fingerprint density at radius 1 is 1.03 bits per heavy atom. The highest BCUT2D eigenvalue weighted by atomic mass is 32.3. The second kappa shape index (κ2) is 9.67. The fourth-order valence-corrected chi connectivity index (χ4v) is 9.51. The number of rotatable bonds is 5. The molecule has 2 amide bonds. The van der Waals surface area contributed by atoms with Gasteiger partial charge >= 0.3 is 0 Å². The predicted octanol–water partition coefficient (Wildman–Crippen LogP) is 1.38. The Morgan fingerprint density at radius 3 is 2.23 bits per heavy atom. The molecule has 2 saturated heterocycles. The highest BCUT2D eigenvalue weighted by Gasteiger charge is 2.49. The quantitative estimate of drug-likeness (QED) is 0.512. The molecule has 3 N–H and O–H groups in total. The second-order valence-electron chi connectivity index (χ2n) is 7.07. The lowest BCUT2D eigenvalue weighted by molar-refractivity contribution is -0.123. The van der Waals surface area contributed by atoms with Gasteiger partial charge in [0.25, 0.3) is 0 Å². The molecule has 0 atom stereocenters. The number of ether oxygens (including phenoxy) is 2. The lowest BCUT2D eigenvalue weighted by atomic mass is 10.3. The second-order valence-corrected chi connectivity index (χ2v) is 11.1. The zero-order valence-electron chi connectivity index (χ0n) is 16.7. The van der Waals surface area contributed by atoms with Crippen molar-refractivity contribution in [1.82, 2.24) is 13.3 Å². The Bertz CT molecular complexity index is 807. The number of nitrogens with one attached hydrogen (secondary N) is 1. The Balaban J connectivity index is 1.67. The topological polar surface area (TPSA) is 109 Å². The number of para-hydroxylation sites is 1. The number of carbonyl (C=O) groups is 2. The van der Waals surface area contributed by atoms with Crippen LogP contribution in [-0.4, -0.2) is 77.4 Å². The summed E-state index contributed by atoms with van der Waals surface area (Å²) in [6.07, 6.45) is 0.101. The lowest BCUT2D eigenvalue weighted by Crippen LogP contribution is -2.50. The van der Waals surface area contributed by atoms with Crippen LogP contribution in [0.2, 0.25) is 0 Å². The van der Waals surface area contributed by atoms with Crippen LogP contribution in [0.25, 0.3) is 0 Å². The molecule has 0 bridgehead atoms. The molecule has 9 nitrogen and oxygen atoms in total. The molecule has 30 heavy (non-hydrogen) atoms. The number of nitrogens with two attached hydrogens (primary N) is 1. The number of fused-ring (bicyclic) bond motifs is 1. The van der Waals surface area contributed by atoms with Crippen LogP contribution in [0, 0.1) is 0 Å². The predicted molar refractivity (Wildman–Crippen MR) is 118 cm³/mol. The van der Waals surface area contributed by atoms with Crippen molar-refractivity contribution in [3.05, 3.63) is 24.3 Å². The fourth-order valence-electron chi connectivity index (χ4n) is 3.80. The number of primary amides is 1. The summed E-state index contributed by atoms with van der Waals surface area (Å²) in [5, 5.41) is 0. The molecule has 3 aliphatic rings. The fraction of sp³-hybridized carbons (Fsp3) is 0.526. The van der Waals surface area contributed by atoms with E-state index in [9.17, 15) is 9.59 Å². The van der Waals surface area contributed by atoms with E-state index in [0.29, 0.717) is 26.4 Å². The smallest absolute Gasteiger partial charge is 0.230 e. The van der Waals surface area contributed by atoms with Gasteiger partial charge in [0.05, 0.1) is 32.1 Å². The van der Waals surface area contributed by atoms with Gasteiger partial charge in [0.15, 0.2) is 4.38 Å². The van der Waals surface area contributed by atoms with Crippen molar-refractivity contribution in [2.24, 2.45) is 10.7 Å². The standard InChI is InChI=1S/C19H27N5O4S2/c20-17(25)5-6-18(26)22-29-19-21-15-3-1-2-4-16(15)30(19,23-7-11-27-12-8-23)24-9-13-28-14-10-24/h1-4H,5-14H2,(H2,20,25)(H,22,26). The molecule has 1 aromatic rings. The summed E-state index contributed by atoms with van der Waals surface area (Å²) in [6.45, 7) is 5.89. The maximum absolute atomic E-state index is 12.3. The first kappa shape index (κ1) is 21.6. The van der Waals surface area contributed by atoms with Crippen LogP contribution in [0.1, 0.15) is 12.8 Å². The third kappa shape index (κ3) is 4.23. The molecule has 0 aliphatic carbocycles. The zero-order chi connectivity index (χ0) is 21.0. The van der Waals surface area contributed by atoms with Gasteiger partial charge in [-0.3, -0.25) is 14.3 Å². The number of benzene rings is 1. The van der Waals surface area contributed by atoms with E-state index in [1.165, 1.54) is 16.8 Å². The minimum absolute atomic E-state index is 0.0318. The minimum Gasteiger partial charge on any atom is -0.379 e. The van der Waals surface area contributed by atoms with Crippen molar-refractivity contribution in [3.63, 3.8) is 0 Å². The monoisotopic (exact) mass is 453 g/mol. The van der Waals surface area contributed by atoms with Crippen molar-refractivity contribution in [2.45, 2.75) is 17.7 Å². The molecule has 3 aliphatic heterocycles. The van der Waals surface area contributed by atoms with Crippen LogP contribution in [0.3, 0.4) is 0 Å². The number of amides is 2. The summed E-state index contributed by atoms with van der Waals surface area (Å²) in [7, 11) is -1.78. The average Bonchev–Trinajstić information content (AvgIpc) is 3.12. The van der Waals surface area contributed by atoms with Gasteiger partial charge in [-0.2, -0.15) is 0 Å². The molecule has 4 rings (SSSR count). The summed E-state index contributed by atoms with van der Waals surface area (Å²) in [5.74, 6) is -0.711. The molecule has 0 aromatic heterocycles. The Hall–Kier alpha value is -1.63. The number of carbonyl (C=O) groups excluding carboxylic acids is 2. The summed E-state index contributed by atoms with van der Waals surface area (Å²) in [5.41, 5.74) is 6.12. The van der Waals surface area contributed by atoms with Crippen LogP contribution in [0.15, 0.2) is 34.2 Å². The third-order valence-corrected chi connectivity index (χ3v) is 10.5. The first-order valence-electron chi connectivity index (χ1n) is 10.0. The number of nitrogens with zero attached hydrogens (tertiary/aromatic N) is 3. The highest BCUT2D eigenvalue weighted by Crippen LogP contribution is 2.70. The summed E-state index contributed by atoms with van der Waals surface area (Å²) in [4.78, 5) is 29.5. The van der Waals surface area contributed by atoms with Gasteiger partial charge in [0, 0.05) is 55.9 Å². The molecule has 2 fully saturated rings. The van der Waals surface area contributed by atoms with Gasteiger partial charge in [-0.1, -0.05) is 12.1 Å². The van der Waals surface area contributed by atoms with E-state index in [2.05, 4.69) is 25.5 Å². The van der Waals surface area contributed by atoms with Crippen molar-refractivity contribution in [3.8, 4) is 0 Å². The first-order valence-corrected chi connectivity index (χ1v) is 12.4. The van der Waals surface area contributed by atoms with Crippen LogP contribution >= 0.6 is 22.3 Å². The normalized spacial score (nSPS) is 22.7. The van der Waals surface area contributed by atoms with E-state index in [4.69, 9.17) is 20.2 Å². The van der Waals surface area contributed by atoms with E-state index < -0.39 is 16.3 Å². The SMILES string of the molecule is NC(=O)CCC(=O)NSC1=Nc2ccccc2S1(N1CCOCC1)N1CCOCC1. The zero-order valence-corrected chi connectivity index (χ0v) is 18.4. The summed E-state index contributed by atoms with van der Waals surface area (Å²) in [6, 6.07) is 8.22. The number of morpholine rings is 2. The Morgan fingerprint density at radius 2 is 1.63 bits per heavy atom. The summed E-state index contributed by atoms with van der Waals surface area (Å²) >= 11 is 1.27. The lowest BCUT2D eigenvalue weighted by Gasteiger charge is -2.55. The van der Waals surface area contributed by atoms with Crippen molar-refractivity contribution >= 4 is 44.2 Å². The van der Waals surface area contributed by atoms with E-state index in [1.807, 2.05) is 12.1 Å². The molecular formula is C19H27N5O4S2. The Kier molecular flexibility index (Phi) is 6.96. The van der Waals surface area contributed by atoms with Gasteiger partial charge in [-0.05, 0) is 22.5 Å². The van der Waals surface area contributed by atoms with Crippen molar-refractivity contribution in [2.75, 3.05) is 52.6 Å². The van der Waals surface area contributed by atoms with Crippen LogP contribution in [0.5, 0.6) is 0 Å². The molecule has 0 unspecified atom stereocenters. The first-order chi connectivity index (χ1) is 14.6. The van der Waals surface area contributed by atoms with Gasteiger partial charge in [-0.25, -0.2) is 13.6 Å². The van der Waals surface area contributed by atoms with Gasteiger partial charge in [0.1, 0.15) is 0 Å². The van der Waals surface area contributed by atoms with Crippen molar-refractivity contribution < 1.29 is 19.1 Å². The number of aliphatic imine (C=N–C) groups is 1. The van der Waals surface area contributed by atoms with Crippen molar-refractivity contribution in [1.29, 1.82) is 0 Å². The Labute approximate surface area is 182 Å². The largest absolute Gasteiger partial charge is 0.379 e. The maximum atomic E-state index is 12.3.